The van der Waals surface area contributed by atoms with E-state index in [1.54, 1.807) is 0 Å². The lowest BCUT2D eigenvalue weighted by Gasteiger charge is -2.39. The number of fused-ring (bicyclic) bond motifs is 2. The number of benzene rings is 1. The summed E-state index contributed by atoms with van der Waals surface area (Å²) in [6.45, 7) is 1.26. The monoisotopic (exact) mass is 329 g/mol. The van der Waals surface area contributed by atoms with E-state index >= 15 is 0 Å². The minimum Gasteiger partial charge on any atom is -0.406 e. The minimum atomic E-state index is -4.70. The number of ketones is 1. The molecule has 7 heteroatoms. The highest BCUT2D eigenvalue weighted by Crippen LogP contribution is 2.27. The van der Waals surface area contributed by atoms with Crippen LogP contribution < -0.4 is 10.1 Å². The first-order chi connectivity index (χ1) is 10.9. The molecule has 0 amide bonds. The van der Waals surface area contributed by atoms with Gasteiger partial charge < -0.3 is 14.8 Å². The van der Waals surface area contributed by atoms with E-state index in [9.17, 15) is 18.0 Å². The van der Waals surface area contributed by atoms with Gasteiger partial charge in [-0.3, -0.25) is 4.79 Å². The second kappa shape index (κ2) is 6.49. The molecule has 4 nitrogen and oxygen atoms in total. The van der Waals surface area contributed by atoms with Crippen LogP contribution in [0.15, 0.2) is 24.3 Å². The predicted octanol–water partition coefficient (Wildman–Crippen LogP) is 2.46. The van der Waals surface area contributed by atoms with Crippen molar-refractivity contribution in [1.82, 2.24) is 5.32 Å². The number of piperidine rings is 1. The largest absolute Gasteiger partial charge is 0.573 e. The van der Waals surface area contributed by atoms with E-state index < -0.39 is 6.36 Å². The van der Waals surface area contributed by atoms with Gasteiger partial charge in [-0.15, -0.1) is 13.2 Å². The van der Waals surface area contributed by atoms with Crippen molar-refractivity contribution in [3.05, 3.63) is 29.8 Å². The third-order valence-electron chi connectivity index (χ3n) is 4.24. The molecule has 2 bridgehead atoms. The van der Waals surface area contributed by atoms with Gasteiger partial charge in [0, 0.05) is 24.4 Å². The molecule has 2 aliphatic rings. The fourth-order valence-corrected chi connectivity index (χ4v) is 3.25. The van der Waals surface area contributed by atoms with E-state index in [-0.39, 0.29) is 36.0 Å². The van der Waals surface area contributed by atoms with E-state index in [0.29, 0.717) is 18.8 Å². The van der Waals surface area contributed by atoms with Gasteiger partial charge in [0.2, 0.25) is 0 Å². The number of carbonyl (C=O) groups excluding carboxylic acids is 1. The van der Waals surface area contributed by atoms with E-state index in [1.165, 1.54) is 24.3 Å². The quantitative estimate of drug-likeness (QED) is 0.922. The molecule has 126 valence electrons. The average molecular weight is 329 g/mol. The van der Waals surface area contributed by atoms with Crippen LogP contribution in [-0.2, 0) is 16.0 Å². The van der Waals surface area contributed by atoms with E-state index in [1.807, 2.05) is 0 Å². The first-order valence-corrected chi connectivity index (χ1v) is 7.60. The summed E-state index contributed by atoms with van der Waals surface area (Å²) in [6, 6.07) is 5.92. The molecule has 23 heavy (non-hydrogen) atoms. The Kier molecular flexibility index (Phi) is 4.59. The smallest absolute Gasteiger partial charge is 0.406 e. The van der Waals surface area contributed by atoms with Crippen LogP contribution in [-0.4, -0.2) is 37.4 Å². The Labute approximate surface area is 132 Å². The number of ether oxygens (including phenoxy) is 2. The highest BCUT2D eigenvalue weighted by molar-refractivity contribution is 5.83. The van der Waals surface area contributed by atoms with Gasteiger partial charge in [-0.1, -0.05) is 12.1 Å². The zero-order chi connectivity index (χ0) is 16.4. The number of morpholine rings is 1. The molecule has 3 rings (SSSR count). The van der Waals surface area contributed by atoms with Crippen LogP contribution in [0.2, 0.25) is 0 Å². The third-order valence-corrected chi connectivity index (χ3v) is 4.24. The first kappa shape index (κ1) is 16.3. The lowest BCUT2D eigenvalue weighted by molar-refractivity contribution is -0.274. The van der Waals surface area contributed by atoms with Crippen LogP contribution in [0.5, 0.6) is 5.75 Å². The maximum atomic E-state index is 12.4. The summed E-state index contributed by atoms with van der Waals surface area (Å²) in [7, 11) is 0. The molecule has 0 saturated carbocycles. The van der Waals surface area contributed by atoms with Crippen LogP contribution >= 0.6 is 0 Å². The SMILES string of the molecule is O=C(Cc1ccc(OC(F)(F)F)cc1)C1CC2COCC(C1)N2. The number of halogens is 3. The third kappa shape index (κ3) is 4.45. The molecule has 0 radical (unpaired) electrons. The predicted molar refractivity (Wildman–Crippen MR) is 76.1 cm³/mol. The number of alkyl halides is 3. The Morgan fingerprint density at radius 3 is 2.35 bits per heavy atom. The molecule has 0 aliphatic carbocycles. The summed E-state index contributed by atoms with van der Waals surface area (Å²) in [5, 5.41) is 3.43. The van der Waals surface area contributed by atoms with Gasteiger partial charge in [-0.2, -0.15) is 0 Å². The van der Waals surface area contributed by atoms with E-state index in [2.05, 4.69) is 10.1 Å². The molecular formula is C16H18F3NO3. The van der Waals surface area contributed by atoms with Gasteiger partial charge in [0.15, 0.2) is 0 Å². The molecular weight excluding hydrogens is 311 g/mol. The summed E-state index contributed by atoms with van der Waals surface area (Å²) in [4.78, 5) is 12.4. The van der Waals surface area contributed by atoms with Crippen molar-refractivity contribution in [3.63, 3.8) is 0 Å². The number of hydrogen-bond acceptors (Lipinski definition) is 4. The highest BCUT2D eigenvalue weighted by Gasteiger charge is 2.35. The van der Waals surface area contributed by atoms with Crippen molar-refractivity contribution >= 4 is 5.78 Å². The standard InChI is InChI=1S/C16H18F3NO3/c17-16(18,19)23-14-3-1-10(2-4-14)5-15(21)11-6-12-8-22-9-13(7-11)20-12/h1-4,11-13,20H,5-9H2. The normalized spacial score (nSPS) is 27.5. The van der Waals surface area contributed by atoms with Crippen molar-refractivity contribution < 1.29 is 27.4 Å². The summed E-state index contributed by atoms with van der Waals surface area (Å²) in [5.41, 5.74) is 0.699. The Bertz CT molecular complexity index is 547. The molecule has 2 saturated heterocycles. The Balaban J connectivity index is 1.57. The van der Waals surface area contributed by atoms with Crippen LogP contribution in [0.3, 0.4) is 0 Å². The van der Waals surface area contributed by atoms with Crippen LogP contribution in [0.25, 0.3) is 0 Å². The lowest BCUT2D eigenvalue weighted by atomic mass is 9.82. The first-order valence-electron chi connectivity index (χ1n) is 7.60. The molecule has 1 N–H and O–H groups in total. The van der Waals surface area contributed by atoms with Gasteiger partial charge in [0.1, 0.15) is 11.5 Å². The zero-order valence-corrected chi connectivity index (χ0v) is 12.4. The van der Waals surface area contributed by atoms with Crippen molar-refractivity contribution in [1.29, 1.82) is 0 Å². The summed E-state index contributed by atoms with van der Waals surface area (Å²) in [5.74, 6) is -0.156. The maximum Gasteiger partial charge on any atom is 0.573 e. The van der Waals surface area contributed by atoms with Gasteiger partial charge in [0.05, 0.1) is 13.2 Å². The average Bonchev–Trinajstić information content (AvgIpc) is 2.47. The Morgan fingerprint density at radius 2 is 1.78 bits per heavy atom. The Hall–Kier alpha value is -1.60. The number of carbonyl (C=O) groups is 1. The van der Waals surface area contributed by atoms with Crippen LogP contribution in [0, 0.1) is 5.92 Å². The molecule has 1 aromatic rings. The number of nitrogens with one attached hydrogen (secondary N) is 1. The lowest BCUT2D eigenvalue weighted by Crippen LogP contribution is -2.55. The molecule has 2 aliphatic heterocycles. The minimum absolute atomic E-state index is 0.0127. The van der Waals surface area contributed by atoms with E-state index in [0.717, 1.165) is 12.8 Å². The second-order valence-electron chi connectivity index (χ2n) is 6.10. The van der Waals surface area contributed by atoms with Crippen LogP contribution in [0.1, 0.15) is 18.4 Å². The van der Waals surface area contributed by atoms with Crippen molar-refractivity contribution in [3.8, 4) is 5.75 Å². The molecule has 0 aromatic heterocycles. The van der Waals surface area contributed by atoms with E-state index in [4.69, 9.17) is 4.74 Å². The van der Waals surface area contributed by atoms with Crippen molar-refractivity contribution in [2.24, 2.45) is 5.92 Å². The molecule has 1 aromatic carbocycles. The number of hydrogen-bond donors (Lipinski definition) is 1. The summed E-state index contributed by atoms with van der Waals surface area (Å²) in [6.07, 6.45) is -2.96. The maximum absolute atomic E-state index is 12.4. The molecule has 0 spiro atoms. The van der Waals surface area contributed by atoms with Gasteiger partial charge in [0.25, 0.3) is 0 Å². The topological polar surface area (TPSA) is 47.6 Å². The molecule has 2 fully saturated rings. The van der Waals surface area contributed by atoms with Crippen molar-refractivity contribution in [2.75, 3.05) is 13.2 Å². The van der Waals surface area contributed by atoms with Gasteiger partial charge in [-0.25, -0.2) is 0 Å². The fraction of sp³-hybridized carbons (Fsp3) is 0.562. The second-order valence-corrected chi connectivity index (χ2v) is 6.10. The van der Waals surface area contributed by atoms with Gasteiger partial charge in [-0.05, 0) is 30.5 Å². The Morgan fingerprint density at radius 1 is 1.17 bits per heavy atom. The van der Waals surface area contributed by atoms with Gasteiger partial charge >= 0.3 is 6.36 Å². The molecule has 2 atom stereocenters. The molecule has 2 unspecified atom stereocenters. The summed E-state index contributed by atoms with van der Waals surface area (Å²) < 4.78 is 45.6. The number of rotatable bonds is 4. The zero-order valence-electron chi connectivity index (χ0n) is 12.4. The molecule has 2 heterocycles. The summed E-state index contributed by atoms with van der Waals surface area (Å²) >= 11 is 0. The number of Topliss-reactive ketones (excluding diaryl/α,β-unsaturated/α-hetero) is 1. The highest BCUT2D eigenvalue weighted by atomic mass is 19.4. The van der Waals surface area contributed by atoms with Crippen molar-refractivity contribution in [2.45, 2.75) is 37.7 Å². The van der Waals surface area contributed by atoms with Crippen LogP contribution in [0.4, 0.5) is 13.2 Å². The fourth-order valence-electron chi connectivity index (χ4n) is 3.25.